The smallest absolute Gasteiger partial charge is 0.231 e. The number of rotatable bonds is 2. The van der Waals surface area contributed by atoms with Gasteiger partial charge in [0.2, 0.25) is 18.1 Å². The molecule has 0 radical (unpaired) electrons. The monoisotopic (exact) mass is 429 g/mol. The maximum absolute atomic E-state index is 10.4. The maximum Gasteiger partial charge on any atom is 0.231 e. The van der Waals surface area contributed by atoms with E-state index in [9.17, 15) is 5.11 Å². The highest BCUT2D eigenvalue weighted by Gasteiger charge is 2.25. The van der Waals surface area contributed by atoms with E-state index in [4.69, 9.17) is 18.9 Å². The van der Waals surface area contributed by atoms with Crippen LogP contribution in [0.1, 0.15) is 0 Å². The van der Waals surface area contributed by atoms with Gasteiger partial charge in [0, 0.05) is 17.5 Å². The molecule has 5 rings (SSSR count). The molecule has 6 nitrogen and oxygen atoms in total. The molecule has 0 bridgehead atoms. The number of benzene rings is 2. The highest BCUT2D eigenvalue weighted by Crippen LogP contribution is 2.47. The van der Waals surface area contributed by atoms with Gasteiger partial charge in [-0.25, -0.2) is 0 Å². The summed E-state index contributed by atoms with van der Waals surface area (Å²) in [4.78, 5) is 0. The van der Waals surface area contributed by atoms with Crippen molar-refractivity contribution in [3.05, 3.63) is 42.7 Å². The Labute approximate surface area is 165 Å². The molecule has 0 amide bonds. The largest absolute Gasteiger partial charge is 1.00 e. The van der Waals surface area contributed by atoms with Gasteiger partial charge in [0.25, 0.3) is 0 Å². The van der Waals surface area contributed by atoms with Crippen LogP contribution in [0.2, 0.25) is 0 Å². The van der Waals surface area contributed by atoms with Gasteiger partial charge >= 0.3 is 0 Å². The third kappa shape index (κ3) is 2.42. The third-order valence-electron chi connectivity index (χ3n) is 4.82. The number of methoxy groups -OCH3 is 2. The average molecular weight is 430 g/mol. The maximum atomic E-state index is 10.4. The zero-order valence-electron chi connectivity index (χ0n) is 14.7. The van der Waals surface area contributed by atoms with E-state index in [1.165, 1.54) is 7.11 Å². The van der Waals surface area contributed by atoms with Crippen LogP contribution in [0.25, 0.3) is 27.1 Å². The molecule has 7 heteroatoms. The molecule has 27 heavy (non-hydrogen) atoms. The molecule has 1 N–H and O–H groups in total. The lowest BCUT2D eigenvalue weighted by atomic mass is 10.1. The summed E-state index contributed by atoms with van der Waals surface area (Å²) in [5.41, 5.74) is 0.969. The standard InChI is InChI=1S/C20H15NO5.BrH/c1-23-16-4-3-11-7-15-13-8-17(24-2)20-19(25-10-26-20)12(13)5-6-21(15)9-14(11)18(16)22;/h3-9H,10H2,1-2H3;1H. The molecule has 138 valence electrons. The molecule has 2 aromatic carbocycles. The summed E-state index contributed by atoms with van der Waals surface area (Å²) in [6, 6.07) is 9.63. The number of hydrogen-bond acceptors (Lipinski definition) is 5. The van der Waals surface area contributed by atoms with Crippen molar-refractivity contribution in [1.82, 2.24) is 0 Å². The third-order valence-corrected chi connectivity index (χ3v) is 4.82. The number of aromatic hydroxyl groups is 1. The van der Waals surface area contributed by atoms with Crippen LogP contribution in [-0.2, 0) is 0 Å². The van der Waals surface area contributed by atoms with Gasteiger partial charge < -0.3 is 41.0 Å². The predicted octanol–water partition coefficient (Wildman–Crippen LogP) is 0.187. The number of fused-ring (bicyclic) bond motifs is 6. The summed E-state index contributed by atoms with van der Waals surface area (Å²) >= 11 is 0. The van der Waals surface area contributed by atoms with Crippen LogP contribution in [0.4, 0.5) is 0 Å². The van der Waals surface area contributed by atoms with Gasteiger partial charge in [-0.2, -0.15) is 4.40 Å². The molecule has 0 fully saturated rings. The summed E-state index contributed by atoms with van der Waals surface area (Å²) in [5, 5.41) is 14.0. The molecule has 0 saturated heterocycles. The summed E-state index contributed by atoms with van der Waals surface area (Å²) in [5.74, 6) is 2.54. The second-order valence-corrected chi connectivity index (χ2v) is 6.11. The quantitative estimate of drug-likeness (QED) is 0.280. The van der Waals surface area contributed by atoms with Gasteiger partial charge in [0.15, 0.2) is 35.4 Å². The van der Waals surface area contributed by atoms with Crippen molar-refractivity contribution in [2.24, 2.45) is 0 Å². The van der Waals surface area contributed by atoms with Gasteiger partial charge in [0.05, 0.1) is 25.0 Å². The Hall–Kier alpha value is -2.93. The first kappa shape index (κ1) is 17.5. The van der Waals surface area contributed by atoms with Crippen LogP contribution in [0, 0.1) is 0 Å². The fourth-order valence-corrected chi connectivity index (χ4v) is 3.54. The first-order valence-corrected chi connectivity index (χ1v) is 8.15. The van der Waals surface area contributed by atoms with E-state index >= 15 is 0 Å². The molecule has 0 aliphatic carbocycles. The van der Waals surface area contributed by atoms with Gasteiger partial charge in [-0.15, -0.1) is 0 Å². The van der Waals surface area contributed by atoms with Crippen LogP contribution in [-0.4, -0.2) is 26.1 Å². The first-order valence-electron chi connectivity index (χ1n) is 8.15. The number of nitrogens with zero attached hydrogens (tertiary/aromatic N) is 1. The van der Waals surface area contributed by atoms with E-state index in [1.54, 1.807) is 13.2 Å². The highest BCUT2D eigenvalue weighted by molar-refractivity contribution is 6.03. The van der Waals surface area contributed by atoms with Crippen LogP contribution in [0.15, 0.2) is 42.7 Å². The van der Waals surface area contributed by atoms with Crippen molar-refractivity contribution < 1.29 is 45.4 Å². The molecule has 3 heterocycles. The predicted molar refractivity (Wildman–Crippen MR) is 95.5 cm³/mol. The number of ether oxygens (including phenoxy) is 4. The number of aromatic nitrogens is 1. The number of halogens is 1. The topological polar surface area (TPSA) is 61.3 Å². The molecule has 0 unspecified atom stereocenters. The van der Waals surface area contributed by atoms with E-state index < -0.39 is 0 Å². The van der Waals surface area contributed by atoms with Crippen molar-refractivity contribution in [2.75, 3.05) is 21.0 Å². The fourth-order valence-electron chi connectivity index (χ4n) is 3.54. The minimum absolute atomic E-state index is 0. The Balaban J connectivity index is 0.00000180. The molecule has 1 aliphatic heterocycles. The molecular formula is C20H16BrNO5. The summed E-state index contributed by atoms with van der Waals surface area (Å²) < 4.78 is 23.9. The molecule has 4 aromatic rings. The fraction of sp³-hybridized carbons (Fsp3) is 0.150. The normalized spacial score (nSPS) is 12.4. The van der Waals surface area contributed by atoms with Crippen molar-refractivity contribution in [2.45, 2.75) is 0 Å². The van der Waals surface area contributed by atoms with Crippen molar-refractivity contribution in [1.29, 1.82) is 0 Å². The Morgan fingerprint density at radius 2 is 1.70 bits per heavy atom. The van der Waals surface area contributed by atoms with Crippen LogP contribution < -0.4 is 40.3 Å². The summed E-state index contributed by atoms with van der Waals surface area (Å²) in [6.45, 7) is 0.182. The Morgan fingerprint density at radius 1 is 0.926 bits per heavy atom. The van der Waals surface area contributed by atoms with Gasteiger partial charge in [0.1, 0.15) is 0 Å². The second-order valence-electron chi connectivity index (χ2n) is 6.11. The molecule has 2 aromatic heterocycles. The van der Waals surface area contributed by atoms with E-state index in [2.05, 4.69) is 0 Å². The van der Waals surface area contributed by atoms with Gasteiger partial charge in [-0.1, -0.05) is 0 Å². The molecule has 1 aliphatic rings. The zero-order valence-corrected chi connectivity index (χ0v) is 16.2. The Morgan fingerprint density at radius 3 is 2.48 bits per heavy atom. The molecular weight excluding hydrogens is 414 g/mol. The van der Waals surface area contributed by atoms with E-state index in [0.717, 1.165) is 21.7 Å². The Kier molecular flexibility index (Phi) is 4.11. The van der Waals surface area contributed by atoms with Crippen LogP contribution in [0.3, 0.4) is 0 Å². The summed E-state index contributed by atoms with van der Waals surface area (Å²) in [7, 11) is 3.15. The van der Waals surface area contributed by atoms with E-state index in [1.807, 2.05) is 41.1 Å². The van der Waals surface area contributed by atoms with E-state index in [0.29, 0.717) is 28.4 Å². The average Bonchev–Trinajstić information content (AvgIpc) is 3.16. The summed E-state index contributed by atoms with van der Waals surface area (Å²) in [6.07, 6.45) is 3.82. The van der Waals surface area contributed by atoms with Crippen LogP contribution in [0.5, 0.6) is 28.7 Å². The van der Waals surface area contributed by atoms with E-state index in [-0.39, 0.29) is 29.5 Å². The lowest BCUT2D eigenvalue weighted by molar-refractivity contribution is -0.509. The minimum atomic E-state index is 0. The van der Waals surface area contributed by atoms with Gasteiger partial charge in [-0.3, -0.25) is 0 Å². The van der Waals surface area contributed by atoms with Crippen molar-refractivity contribution >= 4 is 27.1 Å². The molecule has 0 atom stereocenters. The van der Waals surface area contributed by atoms with Gasteiger partial charge in [-0.05, 0) is 23.6 Å². The second kappa shape index (κ2) is 6.35. The molecule has 0 spiro atoms. The number of hydrogen-bond donors (Lipinski definition) is 1. The van der Waals surface area contributed by atoms with Crippen molar-refractivity contribution in [3.63, 3.8) is 0 Å². The lowest BCUT2D eigenvalue weighted by Gasteiger charge is -2.09. The Bertz CT molecular complexity index is 1210. The number of phenolic OH excluding ortho intramolecular Hbond substituents is 1. The number of phenols is 1. The number of pyridine rings is 2. The SMILES string of the molecule is COc1cc2c(cc[n+]3cc4c(O)c(OC)ccc4cc23)c2c1OCO2.[Br-]. The zero-order chi connectivity index (χ0) is 17.8. The highest BCUT2D eigenvalue weighted by atomic mass is 79.9. The van der Waals surface area contributed by atoms with Crippen molar-refractivity contribution in [3.8, 4) is 28.7 Å². The lowest BCUT2D eigenvalue weighted by Crippen LogP contribution is -3.00. The van der Waals surface area contributed by atoms with Crippen LogP contribution >= 0.6 is 0 Å². The first-order chi connectivity index (χ1) is 12.7. The molecule has 0 saturated carbocycles. The minimum Gasteiger partial charge on any atom is -1.00 e.